The van der Waals surface area contributed by atoms with Crippen LogP contribution in [0.2, 0.25) is 0 Å². The Balaban J connectivity index is 1.53. The van der Waals surface area contributed by atoms with Gasteiger partial charge in [0.05, 0.1) is 0 Å². The van der Waals surface area contributed by atoms with Crippen molar-refractivity contribution < 1.29 is 0 Å². The van der Waals surface area contributed by atoms with E-state index in [1.54, 1.807) is 0 Å². The second kappa shape index (κ2) is 7.72. The van der Waals surface area contributed by atoms with Gasteiger partial charge in [-0.2, -0.15) is 4.98 Å². The highest BCUT2D eigenvalue weighted by molar-refractivity contribution is 5.48. The molecule has 134 valence electrons. The van der Waals surface area contributed by atoms with E-state index in [4.69, 9.17) is 0 Å². The smallest absolute Gasteiger partial charge is 0.224 e. The first-order valence-corrected chi connectivity index (χ1v) is 9.12. The lowest BCUT2D eigenvalue weighted by molar-refractivity contribution is 0.427. The van der Waals surface area contributed by atoms with Gasteiger partial charge < -0.3 is 15.5 Å². The van der Waals surface area contributed by atoms with Gasteiger partial charge in [-0.1, -0.05) is 12.1 Å². The molecule has 1 fully saturated rings. The zero-order chi connectivity index (χ0) is 17.8. The van der Waals surface area contributed by atoms with Crippen LogP contribution >= 0.6 is 0 Å². The highest BCUT2D eigenvalue weighted by atomic mass is 15.2. The van der Waals surface area contributed by atoms with E-state index in [0.29, 0.717) is 12.1 Å². The van der Waals surface area contributed by atoms with Crippen molar-refractivity contribution in [2.75, 3.05) is 29.6 Å². The minimum absolute atomic E-state index is 0.452. The Morgan fingerprint density at radius 1 is 1.00 bits per heavy atom. The third-order valence-corrected chi connectivity index (χ3v) is 4.82. The fourth-order valence-electron chi connectivity index (χ4n) is 3.49. The molecule has 3 rings (SSSR count). The Labute approximate surface area is 150 Å². The Bertz CT molecular complexity index is 705. The van der Waals surface area contributed by atoms with E-state index < -0.39 is 0 Å². The van der Waals surface area contributed by atoms with Crippen LogP contribution in [0.25, 0.3) is 0 Å². The van der Waals surface area contributed by atoms with Gasteiger partial charge in [-0.3, -0.25) is 0 Å². The zero-order valence-corrected chi connectivity index (χ0v) is 15.7. The monoisotopic (exact) mass is 339 g/mol. The summed E-state index contributed by atoms with van der Waals surface area (Å²) in [4.78, 5) is 11.1. The molecule has 0 spiro atoms. The van der Waals surface area contributed by atoms with Crippen LogP contribution in [0.15, 0.2) is 30.5 Å². The number of benzene rings is 1. The summed E-state index contributed by atoms with van der Waals surface area (Å²) in [6, 6.07) is 9.62. The topological polar surface area (TPSA) is 53.1 Å². The normalized spacial score (nSPS) is 20.2. The number of hydrogen-bond donors (Lipinski definition) is 2. The molecule has 0 amide bonds. The van der Waals surface area contributed by atoms with Crippen molar-refractivity contribution in [1.29, 1.82) is 0 Å². The quantitative estimate of drug-likeness (QED) is 0.862. The van der Waals surface area contributed by atoms with E-state index in [1.165, 1.54) is 11.3 Å². The van der Waals surface area contributed by atoms with Crippen molar-refractivity contribution in [3.63, 3.8) is 0 Å². The Morgan fingerprint density at radius 3 is 2.32 bits per heavy atom. The maximum Gasteiger partial charge on any atom is 0.224 e. The summed E-state index contributed by atoms with van der Waals surface area (Å²) in [7, 11) is 4.03. The lowest BCUT2D eigenvalue weighted by Gasteiger charge is -2.30. The summed E-state index contributed by atoms with van der Waals surface area (Å²) in [5.74, 6) is 1.72. The van der Waals surface area contributed by atoms with Crippen LogP contribution in [0.4, 0.5) is 17.5 Å². The Morgan fingerprint density at radius 2 is 1.68 bits per heavy atom. The summed E-state index contributed by atoms with van der Waals surface area (Å²) in [6.45, 7) is 4.18. The molecule has 5 nitrogen and oxygen atoms in total. The van der Waals surface area contributed by atoms with Crippen LogP contribution in [0.5, 0.6) is 0 Å². The lowest BCUT2D eigenvalue weighted by atomic mass is 9.91. The van der Waals surface area contributed by atoms with Crippen molar-refractivity contribution >= 4 is 17.5 Å². The fourth-order valence-corrected chi connectivity index (χ4v) is 3.49. The van der Waals surface area contributed by atoms with Crippen LogP contribution in [0, 0.1) is 13.8 Å². The van der Waals surface area contributed by atoms with Crippen molar-refractivity contribution in [2.45, 2.75) is 51.6 Å². The van der Waals surface area contributed by atoms with Crippen LogP contribution in [0.3, 0.4) is 0 Å². The molecule has 5 heteroatoms. The molecule has 0 unspecified atom stereocenters. The first-order chi connectivity index (χ1) is 12.0. The van der Waals surface area contributed by atoms with Crippen molar-refractivity contribution in [1.82, 2.24) is 9.97 Å². The van der Waals surface area contributed by atoms with Crippen molar-refractivity contribution in [3.05, 3.63) is 41.6 Å². The molecule has 0 bridgehead atoms. The zero-order valence-electron chi connectivity index (χ0n) is 15.7. The Kier molecular flexibility index (Phi) is 5.41. The number of hydrogen-bond acceptors (Lipinski definition) is 5. The molecule has 0 saturated heterocycles. The summed E-state index contributed by atoms with van der Waals surface area (Å²) in [5, 5.41) is 7.19. The van der Waals surface area contributed by atoms with Gasteiger partial charge >= 0.3 is 0 Å². The molecular weight excluding hydrogens is 310 g/mol. The van der Waals surface area contributed by atoms with Gasteiger partial charge in [-0.15, -0.1) is 0 Å². The van der Waals surface area contributed by atoms with E-state index >= 15 is 0 Å². The predicted molar refractivity (Wildman–Crippen MR) is 106 cm³/mol. The SMILES string of the molecule is Cc1cccc(N[C@H]2CC[C@@H](Nc3ncc(C)c(N(C)C)n3)CC2)c1. The Hall–Kier alpha value is -2.30. The molecule has 1 heterocycles. The van der Waals surface area contributed by atoms with E-state index in [1.807, 2.05) is 32.1 Å². The maximum absolute atomic E-state index is 4.65. The standard InChI is InChI=1S/C20H29N5/c1-14-6-5-7-18(12-14)22-16-8-10-17(11-9-16)23-20-21-13-15(2)19(24-20)25(3)4/h5-7,12-13,16-17,22H,8-11H2,1-4H3,(H,21,23,24)/t16-,17+. The van der Waals surface area contributed by atoms with Gasteiger partial charge in [0.2, 0.25) is 5.95 Å². The van der Waals surface area contributed by atoms with Gasteiger partial charge in [0, 0.05) is 43.6 Å². The predicted octanol–water partition coefficient (Wildman–Crippen LogP) is 3.99. The average Bonchev–Trinajstić information content (AvgIpc) is 2.58. The molecule has 1 aliphatic carbocycles. The third-order valence-electron chi connectivity index (χ3n) is 4.82. The molecule has 0 aliphatic heterocycles. The van der Waals surface area contributed by atoms with Gasteiger partial charge in [-0.25, -0.2) is 4.98 Å². The van der Waals surface area contributed by atoms with Crippen molar-refractivity contribution in [3.8, 4) is 0 Å². The molecule has 0 atom stereocenters. The van der Waals surface area contributed by atoms with Gasteiger partial charge in [0.15, 0.2) is 0 Å². The molecule has 1 aromatic heterocycles. The number of rotatable bonds is 5. The second-order valence-corrected chi connectivity index (χ2v) is 7.30. The minimum atomic E-state index is 0.452. The lowest BCUT2D eigenvalue weighted by Crippen LogP contribution is -2.33. The molecule has 0 radical (unpaired) electrons. The van der Waals surface area contributed by atoms with E-state index in [9.17, 15) is 0 Å². The van der Waals surface area contributed by atoms with Crippen LogP contribution < -0.4 is 15.5 Å². The van der Waals surface area contributed by atoms with E-state index in [0.717, 1.165) is 43.0 Å². The van der Waals surface area contributed by atoms with E-state index in [-0.39, 0.29) is 0 Å². The number of aromatic nitrogens is 2. The van der Waals surface area contributed by atoms with Crippen molar-refractivity contribution in [2.24, 2.45) is 0 Å². The number of nitrogens with zero attached hydrogens (tertiary/aromatic N) is 3. The van der Waals surface area contributed by atoms with Gasteiger partial charge in [-0.05, 0) is 57.2 Å². The molecule has 25 heavy (non-hydrogen) atoms. The molecular formula is C20H29N5. The summed E-state index contributed by atoms with van der Waals surface area (Å²) in [6.07, 6.45) is 6.50. The summed E-state index contributed by atoms with van der Waals surface area (Å²) >= 11 is 0. The van der Waals surface area contributed by atoms with Gasteiger partial charge in [0.1, 0.15) is 5.82 Å². The number of aryl methyl sites for hydroxylation is 2. The molecule has 2 N–H and O–H groups in total. The number of nitrogens with one attached hydrogen (secondary N) is 2. The number of anilines is 3. The average molecular weight is 339 g/mol. The highest BCUT2D eigenvalue weighted by Crippen LogP contribution is 2.25. The van der Waals surface area contributed by atoms with Crippen LogP contribution in [0.1, 0.15) is 36.8 Å². The van der Waals surface area contributed by atoms with E-state index in [2.05, 4.69) is 51.8 Å². The first kappa shape index (κ1) is 17.5. The third kappa shape index (κ3) is 4.62. The molecule has 2 aromatic rings. The maximum atomic E-state index is 4.65. The summed E-state index contributed by atoms with van der Waals surface area (Å²) in [5.41, 5.74) is 3.63. The molecule has 1 saturated carbocycles. The largest absolute Gasteiger partial charge is 0.382 e. The minimum Gasteiger partial charge on any atom is -0.382 e. The van der Waals surface area contributed by atoms with Crippen LogP contribution in [-0.2, 0) is 0 Å². The van der Waals surface area contributed by atoms with Gasteiger partial charge in [0.25, 0.3) is 0 Å². The molecule has 1 aromatic carbocycles. The fraction of sp³-hybridized carbons (Fsp3) is 0.500. The molecule has 1 aliphatic rings. The highest BCUT2D eigenvalue weighted by Gasteiger charge is 2.22. The second-order valence-electron chi connectivity index (χ2n) is 7.30. The van der Waals surface area contributed by atoms with Crippen LogP contribution in [-0.4, -0.2) is 36.1 Å². The first-order valence-electron chi connectivity index (χ1n) is 9.12. The summed E-state index contributed by atoms with van der Waals surface area (Å²) < 4.78 is 0.